The van der Waals surface area contributed by atoms with Gasteiger partial charge in [-0.3, -0.25) is 4.79 Å². The molecule has 6 heteroatoms. The van der Waals surface area contributed by atoms with Crippen LogP contribution in [0.5, 0.6) is 5.75 Å². The Balaban J connectivity index is 1.58. The number of nitrogens with zero attached hydrogens (tertiary/aromatic N) is 1. The minimum absolute atomic E-state index is 0.0748. The van der Waals surface area contributed by atoms with Crippen molar-refractivity contribution in [1.82, 2.24) is 9.88 Å². The zero-order chi connectivity index (χ0) is 22.1. The summed E-state index contributed by atoms with van der Waals surface area (Å²) < 4.78 is 7.66. The maximum Gasteiger partial charge on any atom is 0.260 e. The fourth-order valence-corrected chi connectivity index (χ4v) is 4.77. The second kappa shape index (κ2) is 8.55. The lowest BCUT2D eigenvalue weighted by atomic mass is 10.2. The molecule has 4 rings (SSSR count). The van der Waals surface area contributed by atoms with Gasteiger partial charge in [-0.2, -0.15) is 0 Å². The van der Waals surface area contributed by atoms with Gasteiger partial charge in [-0.05, 0) is 75.2 Å². The quantitative estimate of drug-likeness (QED) is 0.535. The Kier molecular flexibility index (Phi) is 5.83. The fourth-order valence-electron chi connectivity index (χ4n) is 3.81. The van der Waals surface area contributed by atoms with Crippen LogP contribution < -0.4 is 15.4 Å². The van der Waals surface area contributed by atoms with E-state index >= 15 is 0 Å². The summed E-state index contributed by atoms with van der Waals surface area (Å²) in [6.07, 6.45) is 1.97. The van der Waals surface area contributed by atoms with E-state index in [1.54, 1.807) is 7.11 Å². The van der Waals surface area contributed by atoms with Gasteiger partial charge in [0.05, 0.1) is 17.7 Å². The first-order valence-corrected chi connectivity index (χ1v) is 11.1. The predicted molar refractivity (Wildman–Crippen MR) is 129 cm³/mol. The Morgan fingerprint density at radius 3 is 2.45 bits per heavy atom. The monoisotopic (exact) mass is 433 g/mol. The van der Waals surface area contributed by atoms with Crippen LogP contribution in [0.1, 0.15) is 28.1 Å². The maximum atomic E-state index is 12.6. The number of carbonyl (C=O) groups is 1. The minimum Gasteiger partial charge on any atom is -0.495 e. The van der Waals surface area contributed by atoms with Crippen LogP contribution >= 0.6 is 11.8 Å². The lowest BCUT2D eigenvalue weighted by Crippen LogP contribution is -2.31. The predicted octanol–water partition coefficient (Wildman–Crippen LogP) is 5.32. The van der Waals surface area contributed by atoms with Crippen molar-refractivity contribution in [3.8, 4) is 11.4 Å². The topological polar surface area (TPSA) is 55.3 Å². The number of aryl methyl sites for hydroxylation is 3. The number of anilines is 1. The number of amides is 1. The van der Waals surface area contributed by atoms with Crippen molar-refractivity contribution in [3.05, 3.63) is 81.5 Å². The van der Waals surface area contributed by atoms with Gasteiger partial charge in [0.25, 0.3) is 5.91 Å². The molecule has 1 saturated heterocycles. The van der Waals surface area contributed by atoms with Crippen LogP contribution in [0.2, 0.25) is 0 Å². The van der Waals surface area contributed by atoms with Crippen molar-refractivity contribution < 1.29 is 9.53 Å². The Labute approximate surface area is 187 Å². The van der Waals surface area contributed by atoms with Crippen molar-refractivity contribution in [2.45, 2.75) is 33.2 Å². The fraction of sp³-hybridized carbons (Fsp3) is 0.240. The number of methoxy groups -OCH3 is 1. The van der Waals surface area contributed by atoms with Gasteiger partial charge < -0.3 is 19.9 Å². The number of nitrogens with one attached hydrogen (secondary N) is 2. The smallest absolute Gasteiger partial charge is 0.260 e. The Bertz CT molecular complexity index is 1160. The van der Waals surface area contributed by atoms with Crippen molar-refractivity contribution in [1.29, 1.82) is 0 Å². The number of benzene rings is 2. The highest BCUT2D eigenvalue weighted by Crippen LogP contribution is 2.34. The molecule has 160 valence electrons. The Morgan fingerprint density at radius 1 is 1.03 bits per heavy atom. The molecule has 1 amide bonds. The molecule has 1 fully saturated rings. The van der Waals surface area contributed by atoms with Gasteiger partial charge in [-0.25, -0.2) is 0 Å². The Hall–Kier alpha value is -3.12. The van der Waals surface area contributed by atoms with Crippen molar-refractivity contribution in [2.75, 3.05) is 12.4 Å². The summed E-state index contributed by atoms with van der Waals surface area (Å²) in [5.41, 5.74) is 7.38. The molecule has 31 heavy (non-hydrogen) atoms. The van der Waals surface area contributed by atoms with Crippen molar-refractivity contribution in [2.24, 2.45) is 0 Å². The van der Waals surface area contributed by atoms with Gasteiger partial charge in [0.15, 0.2) is 5.50 Å². The summed E-state index contributed by atoms with van der Waals surface area (Å²) >= 11 is 1.48. The first-order valence-electron chi connectivity index (χ1n) is 10.2. The van der Waals surface area contributed by atoms with Crippen LogP contribution in [0.4, 0.5) is 5.69 Å². The summed E-state index contributed by atoms with van der Waals surface area (Å²) in [5, 5.41) is 6.37. The highest BCUT2D eigenvalue weighted by atomic mass is 32.2. The molecule has 1 aromatic heterocycles. The first kappa shape index (κ1) is 21.1. The van der Waals surface area contributed by atoms with E-state index < -0.39 is 0 Å². The molecule has 0 spiro atoms. The average molecular weight is 434 g/mol. The minimum atomic E-state index is -0.255. The largest absolute Gasteiger partial charge is 0.495 e. The van der Waals surface area contributed by atoms with Crippen molar-refractivity contribution in [3.63, 3.8) is 0 Å². The zero-order valence-corrected chi connectivity index (χ0v) is 19.3. The molecule has 2 N–H and O–H groups in total. The van der Waals surface area contributed by atoms with E-state index in [1.807, 2.05) is 31.2 Å². The third-order valence-corrected chi connectivity index (χ3v) is 6.45. The normalized spacial score (nSPS) is 17.1. The van der Waals surface area contributed by atoms with Gasteiger partial charge in [-0.15, -0.1) is 0 Å². The van der Waals surface area contributed by atoms with Crippen LogP contribution in [0.3, 0.4) is 0 Å². The summed E-state index contributed by atoms with van der Waals surface area (Å²) in [4.78, 5) is 13.3. The van der Waals surface area contributed by atoms with Gasteiger partial charge in [0.1, 0.15) is 5.75 Å². The molecule has 0 saturated carbocycles. The molecule has 0 aliphatic carbocycles. The summed E-state index contributed by atoms with van der Waals surface area (Å²) in [7, 11) is 1.64. The van der Waals surface area contributed by atoms with E-state index in [9.17, 15) is 4.79 Å². The second-order valence-electron chi connectivity index (χ2n) is 7.83. The van der Waals surface area contributed by atoms with Crippen LogP contribution in [0.25, 0.3) is 11.8 Å². The van der Waals surface area contributed by atoms with Crippen LogP contribution in [0.15, 0.2) is 53.4 Å². The number of thioether (sulfide) groups is 1. The molecule has 1 unspecified atom stereocenters. The zero-order valence-electron chi connectivity index (χ0n) is 18.4. The summed E-state index contributed by atoms with van der Waals surface area (Å²) in [5.74, 6) is 0.675. The third-order valence-electron chi connectivity index (χ3n) is 5.42. The number of ether oxygens (including phenoxy) is 1. The van der Waals surface area contributed by atoms with Gasteiger partial charge in [-0.1, -0.05) is 35.5 Å². The molecule has 2 heterocycles. The van der Waals surface area contributed by atoms with Crippen LogP contribution in [-0.4, -0.2) is 23.1 Å². The van der Waals surface area contributed by atoms with E-state index in [4.69, 9.17) is 4.74 Å². The maximum absolute atomic E-state index is 12.6. The highest BCUT2D eigenvalue weighted by Gasteiger charge is 2.28. The third kappa shape index (κ3) is 4.35. The molecule has 0 bridgehead atoms. The lowest BCUT2D eigenvalue weighted by Gasteiger charge is -2.16. The van der Waals surface area contributed by atoms with Crippen LogP contribution in [0, 0.1) is 27.7 Å². The second-order valence-corrected chi connectivity index (χ2v) is 8.97. The molecule has 2 aromatic carbocycles. The molecular weight excluding hydrogens is 406 g/mol. The number of hydrogen-bond acceptors (Lipinski definition) is 4. The van der Waals surface area contributed by atoms with Gasteiger partial charge in [0.2, 0.25) is 0 Å². The number of rotatable bonds is 5. The highest BCUT2D eigenvalue weighted by molar-refractivity contribution is 8.05. The number of carbonyl (C=O) groups excluding carboxylic acids is 1. The van der Waals surface area contributed by atoms with E-state index in [0.717, 1.165) is 39.6 Å². The summed E-state index contributed by atoms with van der Waals surface area (Å²) in [6, 6.07) is 16.5. The standard InChI is InChI=1S/C25H27N3O2S/c1-15-6-9-20(10-7-15)28-17(3)13-19(18(28)4)14-23-24(29)27-25(31-23)26-21-12-16(2)8-11-22(21)30-5/h6-14,25-26H,1-5H3,(H,27,29)/b23-14-. The van der Waals surface area contributed by atoms with E-state index in [0.29, 0.717) is 4.91 Å². The molecule has 1 aliphatic rings. The molecule has 0 radical (unpaired) electrons. The van der Waals surface area contributed by atoms with E-state index in [1.165, 1.54) is 17.3 Å². The number of hydrogen-bond donors (Lipinski definition) is 2. The molecule has 1 atom stereocenters. The molecule has 5 nitrogen and oxygen atoms in total. The van der Waals surface area contributed by atoms with Gasteiger partial charge >= 0.3 is 0 Å². The molecule has 1 aliphatic heterocycles. The molecule has 3 aromatic rings. The summed E-state index contributed by atoms with van der Waals surface area (Å²) in [6.45, 7) is 8.29. The number of aromatic nitrogens is 1. The lowest BCUT2D eigenvalue weighted by molar-refractivity contribution is -0.116. The SMILES string of the molecule is COc1ccc(C)cc1NC1NC(=O)/C(=C/c2cc(C)n(-c3ccc(C)cc3)c2C)S1. The van der Waals surface area contributed by atoms with E-state index in [-0.39, 0.29) is 11.4 Å². The average Bonchev–Trinajstić information content (AvgIpc) is 3.21. The van der Waals surface area contributed by atoms with Gasteiger partial charge in [0, 0.05) is 17.1 Å². The first-order chi connectivity index (χ1) is 14.9. The van der Waals surface area contributed by atoms with E-state index in [2.05, 4.69) is 66.3 Å². The Morgan fingerprint density at radius 2 is 1.74 bits per heavy atom. The van der Waals surface area contributed by atoms with Crippen molar-refractivity contribution >= 4 is 29.4 Å². The van der Waals surface area contributed by atoms with Crippen LogP contribution in [-0.2, 0) is 4.79 Å². The molecular formula is C25H27N3O2S.